The van der Waals surface area contributed by atoms with E-state index in [0.717, 1.165) is 34.9 Å². The number of halogens is 1. The van der Waals surface area contributed by atoms with Gasteiger partial charge in [-0.3, -0.25) is 0 Å². The van der Waals surface area contributed by atoms with E-state index >= 15 is 0 Å². The molecule has 1 aliphatic carbocycles. The molecule has 0 heterocycles. The zero-order valence-electron chi connectivity index (χ0n) is 9.20. The lowest BCUT2D eigenvalue weighted by molar-refractivity contribution is 0.00747. The van der Waals surface area contributed by atoms with Gasteiger partial charge in [-0.05, 0) is 37.0 Å². The van der Waals surface area contributed by atoms with Crippen molar-refractivity contribution in [1.29, 1.82) is 5.26 Å². The number of nitrogens with zero attached hydrogens (tertiary/aromatic N) is 1. The molecule has 0 spiro atoms. The molecule has 1 unspecified atom stereocenters. The summed E-state index contributed by atoms with van der Waals surface area (Å²) in [6, 6.07) is 8.13. The van der Waals surface area contributed by atoms with Gasteiger partial charge in [0.05, 0.1) is 17.6 Å². The standard InChI is InChI=1S/C13H14BrNO/c1-9-3-4-10(11(14)7-9)12(16)13(8-15)5-2-6-13/h3-4,7,12,16H,2,5-6H2,1H3. The van der Waals surface area contributed by atoms with Crippen LogP contribution in [0.2, 0.25) is 0 Å². The van der Waals surface area contributed by atoms with Crippen molar-refractivity contribution in [3.8, 4) is 6.07 Å². The van der Waals surface area contributed by atoms with Crippen LogP contribution in [0.3, 0.4) is 0 Å². The van der Waals surface area contributed by atoms with Crippen molar-refractivity contribution >= 4 is 15.9 Å². The van der Waals surface area contributed by atoms with Crippen LogP contribution in [0.25, 0.3) is 0 Å². The molecule has 3 heteroatoms. The predicted octanol–water partition coefficient (Wildman–Crippen LogP) is 3.48. The van der Waals surface area contributed by atoms with Gasteiger partial charge in [0.2, 0.25) is 0 Å². The van der Waals surface area contributed by atoms with Crippen LogP contribution in [0, 0.1) is 23.7 Å². The summed E-state index contributed by atoms with van der Waals surface area (Å²) in [4.78, 5) is 0. The minimum atomic E-state index is -0.679. The first-order chi connectivity index (χ1) is 7.59. The molecular formula is C13H14BrNO. The summed E-state index contributed by atoms with van der Waals surface area (Å²) in [5.74, 6) is 0. The van der Waals surface area contributed by atoms with E-state index in [9.17, 15) is 10.4 Å². The SMILES string of the molecule is Cc1ccc(C(O)C2(C#N)CCC2)c(Br)c1. The van der Waals surface area contributed by atoms with Crippen molar-refractivity contribution in [2.75, 3.05) is 0 Å². The summed E-state index contributed by atoms with van der Waals surface area (Å²) < 4.78 is 0.890. The van der Waals surface area contributed by atoms with E-state index in [2.05, 4.69) is 22.0 Å². The predicted molar refractivity (Wildman–Crippen MR) is 65.7 cm³/mol. The highest BCUT2D eigenvalue weighted by Gasteiger charge is 2.45. The third kappa shape index (κ3) is 1.77. The van der Waals surface area contributed by atoms with Crippen LogP contribution in [0.1, 0.15) is 36.5 Å². The number of hydrogen-bond donors (Lipinski definition) is 1. The highest BCUT2D eigenvalue weighted by molar-refractivity contribution is 9.10. The van der Waals surface area contributed by atoms with Crippen molar-refractivity contribution in [1.82, 2.24) is 0 Å². The molecule has 0 bridgehead atoms. The Balaban J connectivity index is 2.34. The van der Waals surface area contributed by atoms with Gasteiger partial charge in [0, 0.05) is 4.47 Å². The van der Waals surface area contributed by atoms with Crippen molar-refractivity contribution in [3.05, 3.63) is 33.8 Å². The van der Waals surface area contributed by atoms with Crippen LogP contribution in [0.5, 0.6) is 0 Å². The molecule has 0 radical (unpaired) electrons. The van der Waals surface area contributed by atoms with Gasteiger partial charge in [-0.15, -0.1) is 0 Å². The van der Waals surface area contributed by atoms with Crippen molar-refractivity contribution in [3.63, 3.8) is 0 Å². The Morgan fingerprint density at radius 1 is 1.50 bits per heavy atom. The second kappa shape index (κ2) is 4.20. The van der Waals surface area contributed by atoms with Gasteiger partial charge in [-0.2, -0.15) is 5.26 Å². The number of aliphatic hydroxyl groups is 1. The molecule has 0 aliphatic heterocycles. The molecule has 2 nitrogen and oxygen atoms in total. The highest BCUT2D eigenvalue weighted by atomic mass is 79.9. The number of hydrogen-bond acceptors (Lipinski definition) is 2. The van der Waals surface area contributed by atoms with E-state index in [1.54, 1.807) is 0 Å². The molecule has 1 N–H and O–H groups in total. The molecule has 0 aromatic heterocycles. The normalized spacial score (nSPS) is 19.6. The first kappa shape index (κ1) is 11.6. The van der Waals surface area contributed by atoms with E-state index in [-0.39, 0.29) is 0 Å². The topological polar surface area (TPSA) is 44.0 Å². The van der Waals surface area contributed by atoms with E-state index in [4.69, 9.17) is 0 Å². The minimum Gasteiger partial charge on any atom is -0.387 e. The average molecular weight is 280 g/mol. The number of rotatable bonds is 2. The molecule has 1 aliphatic rings. The molecule has 84 valence electrons. The van der Waals surface area contributed by atoms with Crippen LogP contribution < -0.4 is 0 Å². The maximum Gasteiger partial charge on any atom is 0.0987 e. The van der Waals surface area contributed by atoms with Crippen LogP contribution in [0.15, 0.2) is 22.7 Å². The van der Waals surface area contributed by atoms with E-state index in [1.165, 1.54) is 0 Å². The van der Waals surface area contributed by atoms with Crippen molar-refractivity contribution in [2.45, 2.75) is 32.3 Å². The van der Waals surface area contributed by atoms with E-state index in [0.29, 0.717) is 0 Å². The quantitative estimate of drug-likeness (QED) is 0.901. The molecule has 1 fully saturated rings. The summed E-state index contributed by atoms with van der Waals surface area (Å²) in [7, 11) is 0. The molecule has 0 amide bonds. The second-order valence-corrected chi connectivity index (χ2v) is 5.40. The van der Waals surface area contributed by atoms with Crippen molar-refractivity contribution < 1.29 is 5.11 Å². The fraction of sp³-hybridized carbons (Fsp3) is 0.462. The third-order valence-electron chi connectivity index (χ3n) is 3.44. The summed E-state index contributed by atoms with van der Waals surface area (Å²) in [6.45, 7) is 2.00. The largest absolute Gasteiger partial charge is 0.387 e. The Bertz CT molecular complexity index is 446. The lowest BCUT2D eigenvalue weighted by Crippen LogP contribution is -2.34. The molecule has 2 rings (SSSR count). The number of nitriles is 1. The minimum absolute atomic E-state index is 0.558. The van der Waals surface area contributed by atoms with Crippen LogP contribution in [0.4, 0.5) is 0 Å². The van der Waals surface area contributed by atoms with Gasteiger partial charge in [0.1, 0.15) is 0 Å². The summed E-state index contributed by atoms with van der Waals surface area (Å²) >= 11 is 3.45. The molecule has 1 atom stereocenters. The highest BCUT2D eigenvalue weighted by Crippen LogP contribution is 2.50. The monoisotopic (exact) mass is 279 g/mol. The fourth-order valence-electron chi connectivity index (χ4n) is 2.16. The van der Waals surface area contributed by atoms with Gasteiger partial charge in [-0.1, -0.05) is 34.5 Å². The summed E-state index contributed by atoms with van der Waals surface area (Å²) in [5, 5.41) is 19.5. The van der Waals surface area contributed by atoms with Crippen LogP contribution >= 0.6 is 15.9 Å². The van der Waals surface area contributed by atoms with Crippen molar-refractivity contribution in [2.24, 2.45) is 5.41 Å². The number of aliphatic hydroxyl groups excluding tert-OH is 1. The molecule has 16 heavy (non-hydrogen) atoms. The van der Waals surface area contributed by atoms with Gasteiger partial charge in [0.25, 0.3) is 0 Å². The Morgan fingerprint density at radius 2 is 2.19 bits per heavy atom. The first-order valence-electron chi connectivity index (χ1n) is 5.44. The van der Waals surface area contributed by atoms with Gasteiger partial charge in [-0.25, -0.2) is 0 Å². The van der Waals surface area contributed by atoms with E-state index in [1.807, 2.05) is 25.1 Å². The van der Waals surface area contributed by atoms with Crippen LogP contribution in [-0.4, -0.2) is 5.11 Å². The summed E-state index contributed by atoms with van der Waals surface area (Å²) in [6.07, 6.45) is 1.95. The molecule has 1 saturated carbocycles. The smallest absolute Gasteiger partial charge is 0.0987 e. The first-order valence-corrected chi connectivity index (χ1v) is 6.24. The molecular weight excluding hydrogens is 266 g/mol. The Morgan fingerprint density at radius 3 is 2.62 bits per heavy atom. The maximum absolute atomic E-state index is 10.3. The van der Waals surface area contributed by atoms with E-state index < -0.39 is 11.5 Å². The average Bonchev–Trinajstić information content (AvgIpc) is 2.16. The molecule has 0 saturated heterocycles. The molecule has 1 aromatic rings. The van der Waals surface area contributed by atoms with Gasteiger partial charge >= 0.3 is 0 Å². The lowest BCUT2D eigenvalue weighted by Gasteiger charge is -2.39. The van der Waals surface area contributed by atoms with Gasteiger partial charge < -0.3 is 5.11 Å². The summed E-state index contributed by atoms with van der Waals surface area (Å²) in [5.41, 5.74) is 1.41. The molecule has 1 aromatic carbocycles. The Hall–Kier alpha value is -0.850. The second-order valence-electron chi connectivity index (χ2n) is 4.55. The lowest BCUT2D eigenvalue weighted by atomic mass is 9.64. The number of benzene rings is 1. The van der Waals surface area contributed by atoms with Gasteiger partial charge in [0.15, 0.2) is 0 Å². The fourth-order valence-corrected chi connectivity index (χ4v) is 2.87. The van der Waals surface area contributed by atoms with Crippen LogP contribution in [-0.2, 0) is 0 Å². The zero-order chi connectivity index (χ0) is 11.8. The Kier molecular flexibility index (Phi) is 3.05. The number of aryl methyl sites for hydroxylation is 1. The third-order valence-corrected chi connectivity index (χ3v) is 4.13. The maximum atomic E-state index is 10.3. The Labute approximate surface area is 104 Å². The zero-order valence-corrected chi connectivity index (χ0v) is 10.8.